The zero-order chi connectivity index (χ0) is 19.1. The van der Waals surface area contributed by atoms with Crippen molar-refractivity contribution in [1.82, 2.24) is 0 Å². The van der Waals surface area contributed by atoms with Crippen LogP contribution in [0.4, 0.5) is 0 Å². The molecule has 0 radical (unpaired) electrons. The van der Waals surface area contributed by atoms with Crippen molar-refractivity contribution in [2.45, 2.75) is 40.0 Å². The number of cyclic esters (lactones) is 1. The lowest BCUT2D eigenvalue weighted by atomic mass is 9.45. The van der Waals surface area contributed by atoms with Gasteiger partial charge in [-0.2, -0.15) is 0 Å². The number of rotatable bonds is 1. The van der Waals surface area contributed by atoms with Crippen LogP contribution in [-0.2, 0) is 23.9 Å². The average Bonchev–Trinajstić information content (AvgIpc) is 2.76. The molecule has 3 aliphatic carbocycles. The van der Waals surface area contributed by atoms with E-state index in [1.54, 1.807) is 19.9 Å². The molecule has 6 heteroatoms. The van der Waals surface area contributed by atoms with Gasteiger partial charge in [-0.25, -0.2) is 0 Å². The van der Waals surface area contributed by atoms with Gasteiger partial charge in [0, 0.05) is 5.92 Å². The van der Waals surface area contributed by atoms with Gasteiger partial charge in [-0.15, -0.1) is 0 Å². The zero-order valence-corrected chi connectivity index (χ0v) is 15.3. The molecule has 140 valence electrons. The van der Waals surface area contributed by atoms with Crippen molar-refractivity contribution in [1.29, 1.82) is 0 Å². The molecule has 6 nitrogen and oxygen atoms in total. The molecule has 2 saturated carbocycles. The van der Waals surface area contributed by atoms with Crippen LogP contribution in [0.1, 0.15) is 40.0 Å². The Kier molecular flexibility index (Phi) is 3.39. The third-order valence-corrected chi connectivity index (χ3v) is 7.62. The molecule has 0 aromatic carbocycles. The van der Waals surface area contributed by atoms with E-state index in [2.05, 4.69) is 0 Å². The highest BCUT2D eigenvalue weighted by atomic mass is 16.5. The van der Waals surface area contributed by atoms with Crippen molar-refractivity contribution in [2.24, 2.45) is 39.9 Å². The van der Waals surface area contributed by atoms with Gasteiger partial charge in [-0.3, -0.25) is 19.2 Å². The highest BCUT2D eigenvalue weighted by molar-refractivity contribution is 6.10. The molecule has 26 heavy (non-hydrogen) atoms. The fourth-order valence-corrected chi connectivity index (χ4v) is 6.46. The number of carbonyl (C=O) groups excluding carboxylic acids is 3. The third-order valence-electron chi connectivity index (χ3n) is 7.62. The predicted molar refractivity (Wildman–Crippen MR) is 89.9 cm³/mol. The fraction of sp³-hybridized carbons (Fsp3) is 0.700. The number of carboxylic acids is 1. The number of aliphatic carboxylic acids is 1. The predicted octanol–water partition coefficient (Wildman–Crippen LogP) is 2.02. The Morgan fingerprint density at radius 2 is 1.92 bits per heavy atom. The lowest BCUT2D eigenvalue weighted by Crippen LogP contribution is -2.67. The van der Waals surface area contributed by atoms with Gasteiger partial charge in [-0.05, 0) is 42.6 Å². The molecule has 1 N–H and O–H groups in total. The minimum Gasteiger partial charge on any atom is -0.481 e. The standard InChI is InChI=1S/C20H24O6/c1-10-11-4-5-12-19(8-11,15(10)22)17(25)26-9-20(12)13(21)6-7-18(2,3)14(20)16(23)24/h6-7,10-12,14H,4-5,8-9H2,1-3H3,(H,23,24)/t10-,11-,12-,14-,19+,20-/m1/s1. The maximum Gasteiger partial charge on any atom is 0.320 e. The largest absolute Gasteiger partial charge is 0.481 e. The second-order valence-electron chi connectivity index (χ2n) is 9.13. The summed E-state index contributed by atoms with van der Waals surface area (Å²) in [6.45, 7) is 5.14. The SMILES string of the molecule is C[C@H]1C(=O)[C@]23C[C@H]1CC[C@H]2[C@]1(COC3=O)C(=O)C=CC(C)(C)[C@H]1C(=O)O. The first-order chi connectivity index (χ1) is 12.1. The first-order valence-electron chi connectivity index (χ1n) is 9.27. The molecule has 0 aromatic heterocycles. The summed E-state index contributed by atoms with van der Waals surface area (Å²) in [5, 5.41) is 10.0. The molecule has 3 fully saturated rings. The summed E-state index contributed by atoms with van der Waals surface area (Å²) in [5.41, 5.74) is -3.51. The molecule has 1 aliphatic heterocycles. The van der Waals surface area contributed by atoms with E-state index in [0.29, 0.717) is 12.8 Å². The molecule has 0 aromatic rings. The van der Waals surface area contributed by atoms with E-state index < -0.39 is 40.0 Å². The molecule has 0 amide bonds. The van der Waals surface area contributed by atoms with E-state index in [1.165, 1.54) is 6.08 Å². The van der Waals surface area contributed by atoms with E-state index in [4.69, 9.17) is 4.74 Å². The van der Waals surface area contributed by atoms with Crippen LogP contribution in [0.5, 0.6) is 0 Å². The number of ketones is 2. The summed E-state index contributed by atoms with van der Waals surface area (Å²) >= 11 is 0. The van der Waals surface area contributed by atoms with Gasteiger partial charge in [0.1, 0.15) is 12.0 Å². The smallest absolute Gasteiger partial charge is 0.320 e. The van der Waals surface area contributed by atoms with Gasteiger partial charge in [-0.1, -0.05) is 26.8 Å². The number of ether oxygens (including phenoxy) is 1. The molecular formula is C20H24O6. The van der Waals surface area contributed by atoms with Gasteiger partial charge in [0.2, 0.25) is 0 Å². The molecule has 0 unspecified atom stereocenters. The molecule has 1 heterocycles. The number of esters is 1. The Balaban J connectivity index is 1.95. The quantitative estimate of drug-likeness (QED) is 0.567. The van der Waals surface area contributed by atoms with E-state index in [-0.39, 0.29) is 30.0 Å². The van der Waals surface area contributed by atoms with Crippen molar-refractivity contribution >= 4 is 23.5 Å². The van der Waals surface area contributed by atoms with Gasteiger partial charge in [0.25, 0.3) is 0 Å². The van der Waals surface area contributed by atoms with E-state index in [9.17, 15) is 24.3 Å². The molecule has 1 saturated heterocycles. The van der Waals surface area contributed by atoms with Crippen LogP contribution in [0.2, 0.25) is 0 Å². The van der Waals surface area contributed by atoms with Crippen LogP contribution in [-0.4, -0.2) is 35.2 Å². The monoisotopic (exact) mass is 360 g/mol. The Morgan fingerprint density at radius 1 is 1.23 bits per heavy atom. The molecule has 2 spiro atoms. The third kappa shape index (κ3) is 1.78. The van der Waals surface area contributed by atoms with Crippen LogP contribution in [0, 0.1) is 39.9 Å². The Morgan fingerprint density at radius 3 is 2.58 bits per heavy atom. The number of hydrogen-bond donors (Lipinski definition) is 1. The first-order valence-corrected chi connectivity index (χ1v) is 9.27. The molecule has 6 atom stereocenters. The van der Waals surface area contributed by atoms with Crippen molar-refractivity contribution in [3.8, 4) is 0 Å². The lowest BCUT2D eigenvalue weighted by molar-refractivity contribution is -0.207. The average molecular weight is 360 g/mol. The van der Waals surface area contributed by atoms with Gasteiger partial charge in [0.05, 0.1) is 11.3 Å². The number of carboxylic acid groups (broad SMARTS) is 1. The fourth-order valence-electron chi connectivity index (χ4n) is 6.46. The van der Waals surface area contributed by atoms with Crippen LogP contribution < -0.4 is 0 Å². The Hall–Kier alpha value is -1.98. The topological polar surface area (TPSA) is 97.7 Å². The number of allylic oxidation sites excluding steroid dienone is 2. The van der Waals surface area contributed by atoms with Gasteiger partial charge >= 0.3 is 11.9 Å². The minimum absolute atomic E-state index is 0.104. The number of carbonyl (C=O) groups is 4. The summed E-state index contributed by atoms with van der Waals surface area (Å²) in [6, 6.07) is 0. The summed E-state index contributed by atoms with van der Waals surface area (Å²) < 4.78 is 5.45. The number of fused-ring (bicyclic) bond motifs is 2. The van der Waals surface area contributed by atoms with Crippen molar-refractivity contribution in [2.75, 3.05) is 6.61 Å². The second-order valence-corrected chi connectivity index (χ2v) is 9.13. The zero-order valence-electron chi connectivity index (χ0n) is 15.3. The Bertz CT molecular complexity index is 764. The van der Waals surface area contributed by atoms with Crippen LogP contribution in [0.15, 0.2) is 12.2 Å². The molecule has 4 rings (SSSR count). The molecule has 2 bridgehead atoms. The van der Waals surface area contributed by atoms with E-state index in [0.717, 1.165) is 6.42 Å². The number of hydrogen-bond acceptors (Lipinski definition) is 5. The summed E-state index contributed by atoms with van der Waals surface area (Å²) in [7, 11) is 0. The van der Waals surface area contributed by atoms with Crippen LogP contribution in [0.25, 0.3) is 0 Å². The normalized spacial score (nSPS) is 46.2. The van der Waals surface area contributed by atoms with Crippen molar-refractivity contribution < 1.29 is 29.0 Å². The van der Waals surface area contributed by atoms with Gasteiger partial charge < -0.3 is 9.84 Å². The lowest BCUT2D eigenvalue weighted by Gasteiger charge is -2.57. The summed E-state index contributed by atoms with van der Waals surface area (Å²) in [6.07, 6.45) is 4.68. The van der Waals surface area contributed by atoms with E-state index >= 15 is 0 Å². The maximum absolute atomic E-state index is 13.1. The number of Topliss-reactive ketones (excluding diaryl/α,β-unsaturated/α-hetero) is 1. The molecule has 4 aliphatic rings. The van der Waals surface area contributed by atoms with Crippen molar-refractivity contribution in [3.05, 3.63) is 12.2 Å². The molecular weight excluding hydrogens is 336 g/mol. The minimum atomic E-state index is -1.37. The second kappa shape index (κ2) is 5.05. The van der Waals surface area contributed by atoms with E-state index in [1.807, 2.05) is 6.92 Å². The van der Waals surface area contributed by atoms with Crippen LogP contribution >= 0.6 is 0 Å². The Labute approximate surface area is 152 Å². The maximum atomic E-state index is 13.1. The summed E-state index contributed by atoms with van der Waals surface area (Å²) in [5.74, 6) is -3.94. The first kappa shape index (κ1) is 17.4. The van der Waals surface area contributed by atoms with Gasteiger partial charge in [0.15, 0.2) is 11.6 Å². The van der Waals surface area contributed by atoms with Crippen molar-refractivity contribution in [3.63, 3.8) is 0 Å². The highest BCUT2D eigenvalue weighted by Crippen LogP contribution is 2.66. The highest BCUT2D eigenvalue weighted by Gasteiger charge is 2.75. The summed E-state index contributed by atoms with van der Waals surface area (Å²) in [4.78, 5) is 51.4. The van der Waals surface area contributed by atoms with Crippen LogP contribution in [0.3, 0.4) is 0 Å².